The van der Waals surface area contributed by atoms with E-state index in [0.717, 1.165) is 20.8 Å². The molecular weight excluding hydrogens is 474 g/mol. The van der Waals surface area contributed by atoms with E-state index in [0.29, 0.717) is 18.0 Å². The van der Waals surface area contributed by atoms with Crippen LogP contribution in [0.15, 0.2) is 65.1 Å². The molecule has 7 heteroatoms. The molecule has 0 aromatic heterocycles. The molecule has 0 heterocycles. The predicted octanol–water partition coefficient (Wildman–Crippen LogP) is 6.10. The molecule has 0 aliphatic rings. The smallest absolute Gasteiger partial charge is 0.415 e. The van der Waals surface area contributed by atoms with Crippen molar-refractivity contribution < 1.29 is 23.8 Å². The first kappa shape index (κ1) is 23.6. The summed E-state index contributed by atoms with van der Waals surface area (Å²) in [5.41, 5.74) is 0.661. The molecular formula is C25H26BrNO5. The minimum absolute atomic E-state index is 0.302. The predicted molar refractivity (Wildman–Crippen MR) is 128 cm³/mol. The van der Waals surface area contributed by atoms with E-state index in [1.807, 2.05) is 60.7 Å². The van der Waals surface area contributed by atoms with Crippen LogP contribution in [-0.4, -0.2) is 31.3 Å². The first-order valence-electron chi connectivity index (χ1n) is 10.1. The Balaban J connectivity index is 2.08. The molecule has 168 valence electrons. The first-order valence-corrected chi connectivity index (χ1v) is 10.9. The number of hydrogen-bond acceptors (Lipinski definition) is 5. The van der Waals surface area contributed by atoms with Crippen LogP contribution in [0.25, 0.3) is 10.8 Å². The number of benzene rings is 3. The van der Waals surface area contributed by atoms with Crippen LogP contribution >= 0.6 is 15.9 Å². The van der Waals surface area contributed by atoms with E-state index >= 15 is 0 Å². The summed E-state index contributed by atoms with van der Waals surface area (Å²) < 4.78 is 17.4. The van der Waals surface area contributed by atoms with Crippen LogP contribution < -0.4 is 9.64 Å². The molecule has 32 heavy (non-hydrogen) atoms. The SMILES string of the molecule is COC(=O)CN(C(=O)OC(C)(C)C)c1cc2cc(Br)ccc2cc1OCc1ccccc1. The zero-order valence-corrected chi connectivity index (χ0v) is 20.1. The Labute approximate surface area is 196 Å². The number of methoxy groups -OCH3 is 1. The fourth-order valence-corrected chi connectivity index (χ4v) is 3.44. The van der Waals surface area contributed by atoms with Crippen molar-refractivity contribution in [2.24, 2.45) is 0 Å². The van der Waals surface area contributed by atoms with Gasteiger partial charge >= 0.3 is 12.1 Å². The van der Waals surface area contributed by atoms with Crippen molar-refractivity contribution in [3.05, 3.63) is 70.7 Å². The topological polar surface area (TPSA) is 65.1 Å². The lowest BCUT2D eigenvalue weighted by atomic mass is 10.1. The van der Waals surface area contributed by atoms with Crippen molar-refractivity contribution in [1.29, 1.82) is 0 Å². The molecule has 0 spiro atoms. The lowest BCUT2D eigenvalue weighted by molar-refractivity contribution is -0.139. The van der Waals surface area contributed by atoms with E-state index in [4.69, 9.17) is 14.2 Å². The van der Waals surface area contributed by atoms with Gasteiger partial charge in [-0.15, -0.1) is 0 Å². The van der Waals surface area contributed by atoms with Crippen molar-refractivity contribution in [3.63, 3.8) is 0 Å². The van der Waals surface area contributed by atoms with Gasteiger partial charge in [-0.2, -0.15) is 0 Å². The number of rotatable bonds is 6. The van der Waals surface area contributed by atoms with E-state index < -0.39 is 17.7 Å². The van der Waals surface area contributed by atoms with Gasteiger partial charge in [0.15, 0.2) is 0 Å². The number of hydrogen-bond donors (Lipinski definition) is 0. The van der Waals surface area contributed by atoms with Crippen molar-refractivity contribution in [1.82, 2.24) is 0 Å². The summed E-state index contributed by atoms with van der Waals surface area (Å²) in [5, 5.41) is 1.81. The fraction of sp³-hybridized carbons (Fsp3) is 0.280. The van der Waals surface area contributed by atoms with Crippen LogP contribution in [0, 0.1) is 0 Å². The molecule has 0 fully saturated rings. The molecule has 3 rings (SSSR count). The molecule has 3 aromatic carbocycles. The van der Waals surface area contributed by atoms with E-state index in [1.165, 1.54) is 12.0 Å². The largest absolute Gasteiger partial charge is 0.487 e. The lowest BCUT2D eigenvalue weighted by Crippen LogP contribution is -2.40. The van der Waals surface area contributed by atoms with E-state index in [2.05, 4.69) is 15.9 Å². The van der Waals surface area contributed by atoms with E-state index in [-0.39, 0.29) is 6.54 Å². The Morgan fingerprint density at radius 3 is 2.34 bits per heavy atom. The van der Waals surface area contributed by atoms with Crippen LogP contribution in [0.4, 0.5) is 10.5 Å². The standard InChI is InChI=1S/C25H26BrNO5/c1-25(2,3)32-24(29)27(15-23(28)30-4)21-13-19-12-20(26)11-10-18(19)14-22(21)31-16-17-8-6-5-7-9-17/h5-14H,15-16H2,1-4H3. The Kier molecular flexibility index (Phi) is 7.40. The first-order chi connectivity index (χ1) is 15.2. The lowest BCUT2D eigenvalue weighted by Gasteiger charge is -2.28. The minimum atomic E-state index is -0.740. The molecule has 0 bridgehead atoms. The summed E-state index contributed by atoms with van der Waals surface area (Å²) in [5.74, 6) is -0.113. The minimum Gasteiger partial charge on any atom is -0.487 e. The number of carbonyl (C=O) groups is 2. The van der Waals surface area contributed by atoms with Gasteiger partial charge in [0.25, 0.3) is 0 Å². The van der Waals surface area contributed by atoms with Crippen LogP contribution in [0.1, 0.15) is 26.3 Å². The molecule has 0 atom stereocenters. The Morgan fingerprint density at radius 1 is 0.969 bits per heavy atom. The van der Waals surface area contributed by atoms with Gasteiger partial charge in [0.2, 0.25) is 0 Å². The third kappa shape index (κ3) is 6.23. The maximum Gasteiger partial charge on any atom is 0.415 e. The van der Waals surface area contributed by atoms with Gasteiger partial charge in [0.05, 0.1) is 12.8 Å². The molecule has 1 amide bonds. The second-order valence-electron chi connectivity index (χ2n) is 8.23. The Morgan fingerprint density at radius 2 is 1.69 bits per heavy atom. The summed E-state index contributed by atoms with van der Waals surface area (Å²) in [6.45, 7) is 5.30. The summed E-state index contributed by atoms with van der Waals surface area (Å²) >= 11 is 3.48. The molecule has 0 radical (unpaired) electrons. The molecule has 0 aliphatic carbocycles. The highest BCUT2D eigenvalue weighted by Crippen LogP contribution is 2.36. The van der Waals surface area contributed by atoms with Crippen molar-refractivity contribution in [2.75, 3.05) is 18.6 Å². The summed E-state index contributed by atoms with van der Waals surface area (Å²) in [6.07, 6.45) is -0.665. The highest BCUT2D eigenvalue weighted by atomic mass is 79.9. The zero-order chi connectivity index (χ0) is 23.3. The number of ether oxygens (including phenoxy) is 3. The molecule has 0 aliphatic heterocycles. The second-order valence-corrected chi connectivity index (χ2v) is 9.14. The summed E-state index contributed by atoms with van der Waals surface area (Å²) in [4.78, 5) is 26.5. The van der Waals surface area contributed by atoms with E-state index in [9.17, 15) is 9.59 Å². The number of amides is 1. The fourth-order valence-electron chi connectivity index (χ4n) is 3.06. The Bertz CT molecular complexity index is 1110. The van der Waals surface area contributed by atoms with Crippen molar-refractivity contribution >= 4 is 44.5 Å². The van der Waals surface area contributed by atoms with Crippen LogP contribution in [0.3, 0.4) is 0 Å². The maximum atomic E-state index is 13.1. The van der Waals surface area contributed by atoms with Crippen LogP contribution in [0.2, 0.25) is 0 Å². The van der Waals surface area contributed by atoms with Gasteiger partial charge < -0.3 is 14.2 Å². The average Bonchev–Trinajstić information content (AvgIpc) is 2.74. The second kappa shape index (κ2) is 10.0. The molecule has 3 aromatic rings. The van der Waals surface area contributed by atoms with Crippen molar-refractivity contribution in [3.8, 4) is 5.75 Å². The third-order valence-electron chi connectivity index (χ3n) is 4.54. The van der Waals surface area contributed by atoms with Gasteiger partial charge in [-0.25, -0.2) is 4.79 Å². The number of carbonyl (C=O) groups excluding carboxylic acids is 2. The molecule has 0 saturated heterocycles. The number of nitrogens with zero attached hydrogens (tertiary/aromatic N) is 1. The average molecular weight is 500 g/mol. The van der Waals surface area contributed by atoms with Crippen molar-refractivity contribution in [2.45, 2.75) is 33.0 Å². The molecule has 6 nitrogen and oxygen atoms in total. The van der Waals surface area contributed by atoms with Gasteiger partial charge in [0, 0.05) is 4.47 Å². The van der Waals surface area contributed by atoms with Gasteiger partial charge in [-0.1, -0.05) is 52.3 Å². The monoisotopic (exact) mass is 499 g/mol. The van der Waals surface area contributed by atoms with Crippen LogP contribution in [-0.2, 0) is 20.9 Å². The third-order valence-corrected chi connectivity index (χ3v) is 5.03. The normalized spacial score (nSPS) is 11.2. The van der Waals surface area contributed by atoms with Crippen LogP contribution in [0.5, 0.6) is 5.75 Å². The molecule has 0 unspecified atom stereocenters. The number of halogens is 1. The van der Waals surface area contributed by atoms with Gasteiger partial charge in [0.1, 0.15) is 24.5 Å². The van der Waals surface area contributed by atoms with E-state index in [1.54, 1.807) is 20.8 Å². The highest BCUT2D eigenvalue weighted by molar-refractivity contribution is 9.10. The quantitative estimate of drug-likeness (QED) is 0.383. The van der Waals surface area contributed by atoms with Gasteiger partial charge in [-0.05, 0) is 61.4 Å². The Hall–Kier alpha value is -3.06. The summed E-state index contributed by atoms with van der Waals surface area (Å²) in [7, 11) is 1.28. The maximum absolute atomic E-state index is 13.1. The number of anilines is 1. The molecule has 0 N–H and O–H groups in total. The number of esters is 1. The number of fused-ring (bicyclic) bond motifs is 1. The highest BCUT2D eigenvalue weighted by Gasteiger charge is 2.28. The summed E-state index contributed by atoms with van der Waals surface area (Å²) in [6, 6.07) is 19.2. The van der Waals surface area contributed by atoms with Gasteiger partial charge in [-0.3, -0.25) is 9.69 Å². The zero-order valence-electron chi connectivity index (χ0n) is 18.6. The molecule has 0 saturated carbocycles.